The number of benzene rings is 1. The van der Waals surface area contributed by atoms with Crippen LogP contribution in [0.25, 0.3) is 0 Å². The third-order valence-electron chi connectivity index (χ3n) is 4.97. The maximum atomic E-state index is 13.7. The SMILES string of the molecule is CCCCNC(=O)C(c1cccc(C)c1)N(CCO)C(=O)C(CCSC)NC(=O)OC(C)(C)C. The van der Waals surface area contributed by atoms with E-state index in [1.807, 2.05) is 38.3 Å². The van der Waals surface area contributed by atoms with Crippen LogP contribution in [-0.4, -0.2) is 71.3 Å². The van der Waals surface area contributed by atoms with Crippen LogP contribution in [0.4, 0.5) is 4.79 Å². The van der Waals surface area contributed by atoms with Crippen LogP contribution >= 0.6 is 11.8 Å². The molecule has 9 heteroatoms. The lowest BCUT2D eigenvalue weighted by atomic mass is 10.0. The van der Waals surface area contributed by atoms with Gasteiger partial charge in [0.1, 0.15) is 17.7 Å². The minimum absolute atomic E-state index is 0.0512. The summed E-state index contributed by atoms with van der Waals surface area (Å²) in [5.74, 6) is -0.135. The molecule has 2 atom stereocenters. The first-order valence-electron chi connectivity index (χ1n) is 11.8. The second-order valence-electron chi connectivity index (χ2n) is 9.20. The van der Waals surface area contributed by atoms with E-state index >= 15 is 0 Å². The van der Waals surface area contributed by atoms with Gasteiger partial charge in [-0.05, 0) is 58.1 Å². The quantitative estimate of drug-likeness (QED) is 0.362. The van der Waals surface area contributed by atoms with Crippen LogP contribution in [0, 0.1) is 6.92 Å². The molecule has 0 fully saturated rings. The second kappa shape index (κ2) is 14.9. The largest absolute Gasteiger partial charge is 0.444 e. The number of ether oxygens (including phenoxy) is 1. The Morgan fingerprint density at radius 3 is 2.50 bits per heavy atom. The zero-order valence-corrected chi connectivity index (χ0v) is 22.2. The number of rotatable bonds is 13. The van der Waals surface area contributed by atoms with Crippen molar-refractivity contribution < 1.29 is 24.2 Å². The molecule has 0 spiro atoms. The second-order valence-corrected chi connectivity index (χ2v) is 10.2. The molecule has 0 heterocycles. The lowest BCUT2D eigenvalue weighted by Crippen LogP contribution is -2.54. The number of hydrogen-bond donors (Lipinski definition) is 3. The monoisotopic (exact) mass is 495 g/mol. The number of alkyl carbamates (subject to hydrolysis) is 1. The number of aliphatic hydroxyl groups is 1. The molecule has 0 bridgehead atoms. The Morgan fingerprint density at radius 1 is 1.24 bits per heavy atom. The zero-order valence-electron chi connectivity index (χ0n) is 21.3. The summed E-state index contributed by atoms with van der Waals surface area (Å²) in [6.45, 7) is 9.31. The Morgan fingerprint density at radius 2 is 1.94 bits per heavy atom. The van der Waals surface area contributed by atoms with Crippen LogP contribution in [-0.2, 0) is 14.3 Å². The smallest absolute Gasteiger partial charge is 0.408 e. The molecule has 0 aliphatic heterocycles. The first kappa shape index (κ1) is 29.8. The van der Waals surface area contributed by atoms with Gasteiger partial charge in [0.2, 0.25) is 11.8 Å². The van der Waals surface area contributed by atoms with E-state index in [9.17, 15) is 19.5 Å². The van der Waals surface area contributed by atoms with Crippen molar-refractivity contribution in [1.29, 1.82) is 0 Å². The molecule has 34 heavy (non-hydrogen) atoms. The van der Waals surface area contributed by atoms with Gasteiger partial charge >= 0.3 is 6.09 Å². The van der Waals surface area contributed by atoms with E-state index in [2.05, 4.69) is 10.6 Å². The number of aryl methyl sites for hydroxylation is 1. The normalized spacial score (nSPS) is 13.0. The fourth-order valence-electron chi connectivity index (χ4n) is 3.42. The van der Waals surface area contributed by atoms with Gasteiger partial charge in [-0.3, -0.25) is 9.59 Å². The number of amides is 3. The zero-order chi connectivity index (χ0) is 25.7. The maximum Gasteiger partial charge on any atom is 0.408 e. The van der Waals surface area contributed by atoms with Gasteiger partial charge in [-0.1, -0.05) is 43.2 Å². The fourth-order valence-corrected chi connectivity index (χ4v) is 3.89. The van der Waals surface area contributed by atoms with Gasteiger partial charge in [-0.2, -0.15) is 11.8 Å². The first-order chi connectivity index (χ1) is 16.0. The summed E-state index contributed by atoms with van der Waals surface area (Å²) in [6.07, 6.45) is 3.31. The Bertz CT molecular complexity index is 797. The van der Waals surface area contributed by atoms with Crippen molar-refractivity contribution >= 4 is 29.7 Å². The standard InChI is InChI=1S/C25H41N3O5S/c1-7-8-13-26-22(30)21(19-11-9-10-18(2)17-19)28(14-15-29)23(31)20(12-16-34-6)27-24(32)33-25(3,4)5/h9-11,17,20-21,29H,7-8,12-16H2,1-6H3,(H,26,30)(H,27,32). The molecule has 0 radical (unpaired) electrons. The van der Waals surface area contributed by atoms with Gasteiger partial charge in [0.15, 0.2) is 0 Å². The van der Waals surface area contributed by atoms with Crippen LogP contribution < -0.4 is 10.6 Å². The van der Waals surface area contributed by atoms with Crippen molar-refractivity contribution in [2.75, 3.05) is 31.7 Å². The van der Waals surface area contributed by atoms with Crippen molar-refractivity contribution in [1.82, 2.24) is 15.5 Å². The summed E-state index contributed by atoms with van der Waals surface area (Å²) in [4.78, 5) is 40.9. The molecular formula is C25H41N3O5S. The Balaban J connectivity index is 3.33. The first-order valence-corrected chi connectivity index (χ1v) is 13.2. The van der Waals surface area contributed by atoms with Crippen molar-refractivity contribution in [3.8, 4) is 0 Å². The topological polar surface area (TPSA) is 108 Å². The van der Waals surface area contributed by atoms with E-state index in [1.54, 1.807) is 38.6 Å². The highest BCUT2D eigenvalue weighted by Gasteiger charge is 2.35. The van der Waals surface area contributed by atoms with Crippen LogP contribution in [0.3, 0.4) is 0 Å². The van der Waals surface area contributed by atoms with E-state index in [-0.39, 0.29) is 19.1 Å². The lowest BCUT2D eigenvalue weighted by Gasteiger charge is -2.34. The summed E-state index contributed by atoms with van der Waals surface area (Å²) in [7, 11) is 0. The van der Waals surface area contributed by atoms with Crippen molar-refractivity contribution in [3.63, 3.8) is 0 Å². The molecule has 8 nitrogen and oxygen atoms in total. The van der Waals surface area contributed by atoms with Gasteiger partial charge in [-0.15, -0.1) is 0 Å². The number of carbonyl (C=O) groups excluding carboxylic acids is 3. The molecule has 3 N–H and O–H groups in total. The van der Waals surface area contributed by atoms with E-state index in [1.165, 1.54) is 4.90 Å². The van der Waals surface area contributed by atoms with Gasteiger partial charge in [0.25, 0.3) is 0 Å². The summed E-state index contributed by atoms with van der Waals surface area (Å²) >= 11 is 1.55. The number of unbranched alkanes of at least 4 members (excludes halogenated alkanes) is 1. The molecule has 192 valence electrons. The molecule has 2 unspecified atom stereocenters. The number of carbonyl (C=O) groups is 3. The summed E-state index contributed by atoms with van der Waals surface area (Å²) in [5.41, 5.74) is 0.883. The highest BCUT2D eigenvalue weighted by atomic mass is 32.2. The molecule has 1 rings (SSSR count). The predicted octanol–water partition coefficient (Wildman–Crippen LogP) is 3.42. The minimum atomic E-state index is -0.936. The van der Waals surface area contributed by atoms with E-state index in [4.69, 9.17) is 4.74 Å². The number of thioether (sulfide) groups is 1. The molecule has 0 aliphatic carbocycles. The van der Waals surface area contributed by atoms with E-state index in [0.29, 0.717) is 24.3 Å². The molecule has 1 aromatic carbocycles. The summed E-state index contributed by atoms with van der Waals surface area (Å²) in [5, 5.41) is 15.4. The average molecular weight is 496 g/mol. The van der Waals surface area contributed by atoms with E-state index < -0.39 is 29.7 Å². The third kappa shape index (κ3) is 10.3. The number of hydrogen-bond acceptors (Lipinski definition) is 6. The summed E-state index contributed by atoms with van der Waals surface area (Å²) < 4.78 is 5.36. The highest BCUT2D eigenvalue weighted by molar-refractivity contribution is 7.98. The molecular weight excluding hydrogens is 454 g/mol. The average Bonchev–Trinajstić information content (AvgIpc) is 2.75. The molecule has 0 saturated carbocycles. The van der Waals surface area contributed by atoms with Crippen LogP contribution in [0.2, 0.25) is 0 Å². The van der Waals surface area contributed by atoms with Gasteiger partial charge in [0.05, 0.1) is 6.61 Å². The van der Waals surface area contributed by atoms with Crippen molar-refractivity contribution in [3.05, 3.63) is 35.4 Å². The van der Waals surface area contributed by atoms with Crippen LogP contribution in [0.5, 0.6) is 0 Å². The highest BCUT2D eigenvalue weighted by Crippen LogP contribution is 2.24. The fraction of sp³-hybridized carbons (Fsp3) is 0.640. The lowest BCUT2D eigenvalue weighted by molar-refractivity contribution is -0.143. The number of nitrogens with zero attached hydrogens (tertiary/aromatic N) is 1. The molecule has 0 aromatic heterocycles. The van der Waals surface area contributed by atoms with Crippen molar-refractivity contribution in [2.45, 2.75) is 71.6 Å². The third-order valence-corrected chi connectivity index (χ3v) is 5.62. The number of aliphatic hydroxyl groups excluding tert-OH is 1. The summed E-state index contributed by atoms with van der Waals surface area (Å²) in [6, 6.07) is 5.58. The predicted molar refractivity (Wildman–Crippen MR) is 137 cm³/mol. The Hall–Kier alpha value is -2.26. The minimum Gasteiger partial charge on any atom is -0.444 e. The number of nitrogens with one attached hydrogen (secondary N) is 2. The van der Waals surface area contributed by atoms with Gasteiger partial charge < -0.3 is 25.4 Å². The van der Waals surface area contributed by atoms with Crippen LogP contribution in [0.15, 0.2) is 24.3 Å². The van der Waals surface area contributed by atoms with Crippen molar-refractivity contribution in [2.24, 2.45) is 0 Å². The molecule has 1 aromatic rings. The van der Waals surface area contributed by atoms with E-state index in [0.717, 1.165) is 18.4 Å². The molecule has 3 amide bonds. The molecule has 0 aliphatic rings. The molecule has 0 saturated heterocycles. The van der Waals surface area contributed by atoms with Gasteiger partial charge in [-0.25, -0.2) is 4.79 Å². The Kier molecular flexibility index (Phi) is 13.0. The Labute approximate surface area is 208 Å². The van der Waals surface area contributed by atoms with Gasteiger partial charge in [0, 0.05) is 13.1 Å². The maximum absolute atomic E-state index is 13.7. The van der Waals surface area contributed by atoms with Crippen LogP contribution in [0.1, 0.15) is 64.1 Å².